The van der Waals surface area contributed by atoms with E-state index < -0.39 is 18.8 Å². The molecule has 0 saturated heterocycles. The van der Waals surface area contributed by atoms with E-state index in [9.17, 15) is 18.0 Å². The fourth-order valence-corrected chi connectivity index (χ4v) is 1.97. The first kappa shape index (κ1) is 16.7. The molecule has 0 spiro atoms. The van der Waals surface area contributed by atoms with E-state index in [2.05, 4.69) is 4.74 Å². The monoisotopic (exact) mass is 340 g/mol. The summed E-state index contributed by atoms with van der Waals surface area (Å²) in [5, 5.41) is 0.328. The van der Waals surface area contributed by atoms with E-state index in [0.29, 0.717) is 22.1 Å². The molecule has 122 valence electrons. The summed E-state index contributed by atoms with van der Waals surface area (Å²) in [5.74, 6) is 0.209. The number of carbonyl (C=O) groups is 1. The molecule has 0 saturated carbocycles. The maximum Gasteiger partial charge on any atom is 0.411 e. The minimum absolute atomic E-state index is 0.0643. The molecular formula is C13H12ClF3O5. The summed E-state index contributed by atoms with van der Waals surface area (Å²) in [6, 6.07) is 3.17. The van der Waals surface area contributed by atoms with Crippen molar-refractivity contribution in [2.24, 2.45) is 0 Å². The van der Waals surface area contributed by atoms with E-state index in [0.717, 1.165) is 0 Å². The van der Waals surface area contributed by atoms with Crippen molar-refractivity contribution < 1.29 is 36.9 Å². The van der Waals surface area contributed by atoms with Crippen molar-refractivity contribution in [3.8, 4) is 11.5 Å². The third-order valence-electron chi connectivity index (χ3n) is 2.60. The molecule has 2 rings (SSSR count). The minimum Gasteiger partial charge on any atom is -0.461 e. The largest absolute Gasteiger partial charge is 0.461 e. The summed E-state index contributed by atoms with van der Waals surface area (Å²) >= 11 is 5.96. The van der Waals surface area contributed by atoms with Crippen LogP contribution in [0.1, 0.15) is 12.0 Å². The second-order valence-corrected chi connectivity index (χ2v) is 4.80. The summed E-state index contributed by atoms with van der Waals surface area (Å²) < 4.78 is 55.0. The first-order chi connectivity index (χ1) is 10.3. The highest BCUT2D eigenvalue weighted by molar-refractivity contribution is 6.32. The smallest absolute Gasteiger partial charge is 0.411 e. The van der Waals surface area contributed by atoms with E-state index in [1.54, 1.807) is 12.1 Å². The molecular weight excluding hydrogens is 329 g/mol. The molecule has 0 aromatic heterocycles. The van der Waals surface area contributed by atoms with Crippen LogP contribution >= 0.6 is 11.6 Å². The van der Waals surface area contributed by atoms with Crippen molar-refractivity contribution in [3.63, 3.8) is 0 Å². The molecule has 0 aliphatic carbocycles. The average Bonchev–Trinajstić information content (AvgIpc) is 2.89. The third kappa shape index (κ3) is 4.96. The summed E-state index contributed by atoms with van der Waals surface area (Å²) in [4.78, 5) is 11.4. The molecule has 1 heterocycles. The highest BCUT2D eigenvalue weighted by Crippen LogP contribution is 2.39. The van der Waals surface area contributed by atoms with Crippen LogP contribution in [0.25, 0.3) is 0 Å². The van der Waals surface area contributed by atoms with Gasteiger partial charge in [-0.2, -0.15) is 13.2 Å². The molecule has 1 aliphatic heterocycles. The summed E-state index contributed by atoms with van der Waals surface area (Å²) in [7, 11) is 0. The molecule has 0 N–H and O–H groups in total. The number of rotatable bonds is 6. The summed E-state index contributed by atoms with van der Waals surface area (Å²) in [5.41, 5.74) is 0.582. The van der Waals surface area contributed by atoms with Gasteiger partial charge in [0.1, 0.15) is 13.2 Å². The van der Waals surface area contributed by atoms with Gasteiger partial charge in [-0.3, -0.25) is 4.79 Å². The van der Waals surface area contributed by atoms with Gasteiger partial charge in [0, 0.05) is 0 Å². The average molecular weight is 341 g/mol. The zero-order chi connectivity index (χ0) is 16.2. The zero-order valence-electron chi connectivity index (χ0n) is 11.2. The Morgan fingerprint density at radius 2 is 2.09 bits per heavy atom. The van der Waals surface area contributed by atoms with E-state index in [1.165, 1.54) is 0 Å². The summed E-state index contributed by atoms with van der Waals surface area (Å²) in [6.45, 7) is -1.76. The molecule has 1 aromatic carbocycles. The van der Waals surface area contributed by atoms with Gasteiger partial charge in [0.25, 0.3) is 0 Å². The van der Waals surface area contributed by atoms with Crippen molar-refractivity contribution in [2.45, 2.75) is 19.2 Å². The van der Waals surface area contributed by atoms with Gasteiger partial charge in [-0.05, 0) is 17.7 Å². The van der Waals surface area contributed by atoms with Crippen molar-refractivity contribution in [2.75, 3.05) is 20.0 Å². The number of ether oxygens (including phenoxy) is 4. The van der Waals surface area contributed by atoms with Crippen LogP contribution in [0.15, 0.2) is 12.1 Å². The molecule has 1 aliphatic rings. The molecule has 0 fully saturated rings. The quantitative estimate of drug-likeness (QED) is 0.588. The molecule has 1 aromatic rings. The maximum atomic E-state index is 11.8. The first-order valence-corrected chi connectivity index (χ1v) is 6.61. The lowest BCUT2D eigenvalue weighted by Gasteiger charge is -2.08. The Labute approximate surface area is 128 Å². The number of halogens is 4. The molecule has 0 radical (unpaired) electrons. The number of hydrogen-bond donors (Lipinski definition) is 0. The maximum absolute atomic E-state index is 11.8. The Kier molecular flexibility index (Phi) is 5.36. The number of hydrogen-bond acceptors (Lipinski definition) is 5. The van der Waals surface area contributed by atoms with Gasteiger partial charge in [-0.25, -0.2) is 0 Å². The number of alkyl halides is 3. The van der Waals surface area contributed by atoms with Gasteiger partial charge < -0.3 is 18.9 Å². The molecule has 22 heavy (non-hydrogen) atoms. The van der Waals surface area contributed by atoms with Crippen molar-refractivity contribution in [1.29, 1.82) is 0 Å². The standard InChI is InChI=1S/C13H12ClF3O5/c14-9-3-8(4-10-12(9)22-7-21-10)5-20-11(18)1-2-19-6-13(15,16)17/h3-4H,1-2,5-7H2. The zero-order valence-corrected chi connectivity index (χ0v) is 12.0. The Balaban J connectivity index is 1.74. The van der Waals surface area contributed by atoms with Crippen molar-refractivity contribution >= 4 is 17.6 Å². The minimum atomic E-state index is -4.41. The van der Waals surface area contributed by atoms with Crippen LogP contribution in [0.2, 0.25) is 5.02 Å². The molecule has 0 atom stereocenters. The Morgan fingerprint density at radius 3 is 2.82 bits per heavy atom. The van der Waals surface area contributed by atoms with E-state index in [-0.39, 0.29) is 26.4 Å². The highest BCUT2D eigenvalue weighted by atomic mass is 35.5. The normalized spacial score (nSPS) is 13.3. The second kappa shape index (κ2) is 7.06. The van der Waals surface area contributed by atoms with E-state index in [1.807, 2.05) is 0 Å². The van der Waals surface area contributed by atoms with Gasteiger partial charge in [0.15, 0.2) is 11.5 Å². The van der Waals surface area contributed by atoms with Crippen LogP contribution in [-0.2, 0) is 20.9 Å². The van der Waals surface area contributed by atoms with Gasteiger partial charge in [-0.1, -0.05) is 11.6 Å². The lowest BCUT2D eigenvalue weighted by molar-refractivity contribution is -0.176. The molecule has 0 unspecified atom stereocenters. The van der Waals surface area contributed by atoms with Crippen LogP contribution in [-0.4, -0.2) is 32.2 Å². The second-order valence-electron chi connectivity index (χ2n) is 4.39. The van der Waals surface area contributed by atoms with Crippen LogP contribution in [0.5, 0.6) is 11.5 Å². The van der Waals surface area contributed by atoms with Crippen LogP contribution in [0, 0.1) is 0 Å². The van der Waals surface area contributed by atoms with Gasteiger partial charge >= 0.3 is 12.1 Å². The van der Waals surface area contributed by atoms with Crippen molar-refractivity contribution in [1.82, 2.24) is 0 Å². The van der Waals surface area contributed by atoms with Crippen LogP contribution < -0.4 is 9.47 Å². The fourth-order valence-electron chi connectivity index (χ4n) is 1.68. The fraction of sp³-hybridized carbons (Fsp3) is 0.462. The number of carbonyl (C=O) groups excluding carboxylic acids is 1. The Bertz CT molecular complexity index is 547. The SMILES string of the molecule is O=C(CCOCC(F)(F)F)OCc1cc(Cl)c2c(c1)OCO2. The molecule has 5 nitrogen and oxygen atoms in total. The number of esters is 1. The first-order valence-electron chi connectivity index (χ1n) is 6.23. The number of benzene rings is 1. The Hall–Kier alpha value is -1.67. The molecule has 0 amide bonds. The van der Waals surface area contributed by atoms with E-state index >= 15 is 0 Å². The lowest BCUT2D eigenvalue weighted by atomic mass is 10.2. The van der Waals surface area contributed by atoms with E-state index in [4.69, 9.17) is 25.8 Å². The third-order valence-corrected chi connectivity index (χ3v) is 2.88. The highest BCUT2D eigenvalue weighted by Gasteiger charge is 2.27. The Morgan fingerprint density at radius 1 is 1.32 bits per heavy atom. The van der Waals surface area contributed by atoms with Gasteiger partial charge in [-0.15, -0.1) is 0 Å². The topological polar surface area (TPSA) is 54.0 Å². The predicted molar refractivity (Wildman–Crippen MR) is 68.9 cm³/mol. The van der Waals surface area contributed by atoms with Crippen LogP contribution in [0.3, 0.4) is 0 Å². The predicted octanol–water partition coefficient (Wildman–Crippen LogP) is 3.08. The van der Waals surface area contributed by atoms with Crippen molar-refractivity contribution in [3.05, 3.63) is 22.7 Å². The molecule has 0 bridgehead atoms. The van der Waals surface area contributed by atoms with Gasteiger partial charge in [0.05, 0.1) is 18.1 Å². The van der Waals surface area contributed by atoms with Gasteiger partial charge in [0.2, 0.25) is 6.79 Å². The summed E-state index contributed by atoms with van der Waals surface area (Å²) in [6.07, 6.45) is -4.68. The van der Waals surface area contributed by atoms with Crippen LogP contribution in [0.4, 0.5) is 13.2 Å². The molecule has 9 heteroatoms. The lowest BCUT2D eigenvalue weighted by Crippen LogP contribution is -2.18. The number of fused-ring (bicyclic) bond motifs is 1.